The fraction of sp³-hybridized carbons (Fsp3) is 0.423. The van der Waals surface area contributed by atoms with Gasteiger partial charge in [-0.3, -0.25) is 9.69 Å². The predicted molar refractivity (Wildman–Crippen MR) is 123 cm³/mol. The summed E-state index contributed by atoms with van der Waals surface area (Å²) in [7, 11) is 0. The molecular formula is C26H32N2O3. The minimum Gasteiger partial charge on any atom is -0.464 e. The molecule has 1 aliphatic rings. The lowest BCUT2D eigenvalue weighted by Gasteiger charge is -2.26. The van der Waals surface area contributed by atoms with Crippen molar-refractivity contribution in [3.63, 3.8) is 0 Å². The van der Waals surface area contributed by atoms with E-state index in [1.807, 2.05) is 0 Å². The number of furan rings is 1. The van der Waals surface area contributed by atoms with Crippen LogP contribution in [0.25, 0.3) is 11.0 Å². The molecular weight excluding hydrogens is 388 g/mol. The van der Waals surface area contributed by atoms with Crippen LogP contribution in [-0.2, 0) is 29.0 Å². The number of carbonyl (C=O) groups excluding carboxylic acids is 1. The van der Waals surface area contributed by atoms with Crippen LogP contribution in [-0.4, -0.2) is 37.1 Å². The molecule has 1 amide bonds. The lowest BCUT2D eigenvalue weighted by atomic mass is 9.95. The van der Waals surface area contributed by atoms with Crippen molar-refractivity contribution >= 4 is 16.9 Å². The fourth-order valence-electron chi connectivity index (χ4n) is 4.22. The number of carbonyl (C=O) groups is 1. The molecule has 5 nitrogen and oxygen atoms in total. The lowest BCUT2D eigenvalue weighted by Crippen LogP contribution is -2.35. The Hall–Kier alpha value is -2.63. The highest BCUT2D eigenvalue weighted by molar-refractivity contribution is 5.88. The molecule has 0 radical (unpaired) electrons. The van der Waals surface area contributed by atoms with Gasteiger partial charge in [0, 0.05) is 37.1 Å². The van der Waals surface area contributed by atoms with Gasteiger partial charge in [0.05, 0.1) is 25.9 Å². The summed E-state index contributed by atoms with van der Waals surface area (Å²) in [6, 6.07) is 12.7. The molecule has 0 saturated carbocycles. The molecule has 5 heteroatoms. The molecule has 1 fully saturated rings. The second-order valence-electron chi connectivity index (χ2n) is 8.78. The zero-order valence-electron chi connectivity index (χ0n) is 18.7. The number of nitrogens with zero attached hydrogens (tertiary/aromatic N) is 1. The molecule has 1 aliphatic heterocycles. The van der Waals surface area contributed by atoms with Gasteiger partial charge >= 0.3 is 0 Å². The van der Waals surface area contributed by atoms with Crippen LogP contribution in [0.3, 0.4) is 0 Å². The summed E-state index contributed by atoms with van der Waals surface area (Å²) in [5.41, 5.74) is 6.71. The third-order valence-corrected chi connectivity index (χ3v) is 6.04. The molecule has 0 bridgehead atoms. The van der Waals surface area contributed by atoms with Crippen LogP contribution in [0.2, 0.25) is 0 Å². The number of hydrogen-bond donors (Lipinski definition) is 1. The van der Waals surface area contributed by atoms with Crippen molar-refractivity contribution in [1.29, 1.82) is 0 Å². The van der Waals surface area contributed by atoms with E-state index in [0.717, 1.165) is 54.9 Å². The normalized spacial score (nSPS) is 15.0. The van der Waals surface area contributed by atoms with Gasteiger partial charge in [-0.2, -0.15) is 0 Å². The molecule has 0 aliphatic carbocycles. The van der Waals surface area contributed by atoms with Crippen molar-refractivity contribution in [2.75, 3.05) is 26.3 Å². The molecule has 3 aromatic rings. The Balaban J connectivity index is 1.33. The number of aryl methyl sites for hydroxylation is 1. The summed E-state index contributed by atoms with van der Waals surface area (Å²) < 4.78 is 11.1. The third-order valence-electron chi connectivity index (χ3n) is 6.04. The summed E-state index contributed by atoms with van der Waals surface area (Å²) in [5, 5.41) is 4.08. The van der Waals surface area contributed by atoms with Crippen LogP contribution in [0.5, 0.6) is 0 Å². The van der Waals surface area contributed by atoms with Gasteiger partial charge in [0.1, 0.15) is 5.58 Å². The molecule has 2 heterocycles. The number of amides is 1. The van der Waals surface area contributed by atoms with Gasteiger partial charge in [-0.25, -0.2) is 0 Å². The van der Waals surface area contributed by atoms with Crippen LogP contribution in [0.4, 0.5) is 0 Å². The summed E-state index contributed by atoms with van der Waals surface area (Å²) >= 11 is 0. The van der Waals surface area contributed by atoms with Crippen molar-refractivity contribution in [3.8, 4) is 0 Å². The zero-order valence-corrected chi connectivity index (χ0v) is 18.7. The number of fused-ring (bicyclic) bond motifs is 1. The highest BCUT2D eigenvalue weighted by Crippen LogP contribution is 2.29. The maximum absolute atomic E-state index is 12.6. The highest BCUT2D eigenvalue weighted by atomic mass is 16.5. The first-order chi connectivity index (χ1) is 15.0. The van der Waals surface area contributed by atoms with E-state index in [4.69, 9.17) is 9.15 Å². The SMILES string of the molecule is Cc1cc2occ(CC(=O)NCc3ccc(CN4CCOCC4)cc3)c2cc1C(C)C. The Bertz CT molecular complexity index is 1030. The first-order valence-corrected chi connectivity index (χ1v) is 11.1. The van der Waals surface area contributed by atoms with E-state index in [9.17, 15) is 4.79 Å². The van der Waals surface area contributed by atoms with Gasteiger partial charge < -0.3 is 14.5 Å². The number of hydrogen-bond acceptors (Lipinski definition) is 4. The van der Waals surface area contributed by atoms with Crippen molar-refractivity contribution in [2.45, 2.75) is 46.2 Å². The topological polar surface area (TPSA) is 54.7 Å². The molecule has 0 atom stereocenters. The molecule has 31 heavy (non-hydrogen) atoms. The Morgan fingerprint density at radius 3 is 2.52 bits per heavy atom. The average molecular weight is 421 g/mol. The quantitative estimate of drug-likeness (QED) is 0.609. The van der Waals surface area contributed by atoms with E-state index in [2.05, 4.69) is 67.4 Å². The molecule has 1 aromatic heterocycles. The van der Waals surface area contributed by atoms with Crippen LogP contribution >= 0.6 is 0 Å². The van der Waals surface area contributed by atoms with Crippen molar-refractivity contribution in [2.24, 2.45) is 0 Å². The molecule has 4 rings (SSSR count). The largest absolute Gasteiger partial charge is 0.464 e. The van der Waals surface area contributed by atoms with Crippen LogP contribution in [0.1, 0.15) is 47.6 Å². The predicted octanol–water partition coefficient (Wildman–Crippen LogP) is 4.56. The smallest absolute Gasteiger partial charge is 0.224 e. The average Bonchev–Trinajstić information content (AvgIpc) is 3.14. The minimum absolute atomic E-state index is 0.00626. The summed E-state index contributed by atoms with van der Waals surface area (Å²) in [6.45, 7) is 11.6. The molecule has 164 valence electrons. The van der Waals surface area contributed by atoms with Gasteiger partial charge in [0.15, 0.2) is 0 Å². The fourth-order valence-corrected chi connectivity index (χ4v) is 4.22. The third kappa shape index (κ3) is 5.35. The van der Waals surface area contributed by atoms with Crippen molar-refractivity contribution < 1.29 is 13.9 Å². The van der Waals surface area contributed by atoms with E-state index in [1.165, 1.54) is 16.7 Å². The Kier molecular flexibility index (Phi) is 6.73. The van der Waals surface area contributed by atoms with E-state index >= 15 is 0 Å². The number of nitrogens with one attached hydrogen (secondary N) is 1. The first-order valence-electron chi connectivity index (χ1n) is 11.1. The van der Waals surface area contributed by atoms with Crippen molar-refractivity contribution in [1.82, 2.24) is 10.2 Å². The number of ether oxygens (including phenoxy) is 1. The molecule has 0 unspecified atom stereocenters. The van der Waals surface area contributed by atoms with Gasteiger partial charge in [0.25, 0.3) is 0 Å². The summed E-state index contributed by atoms with van der Waals surface area (Å²) in [6.07, 6.45) is 2.04. The summed E-state index contributed by atoms with van der Waals surface area (Å²) in [4.78, 5) is 15.0. The maximum Gasteiger partial charge on any atom is 0.224 e. The van der Waals surface area contributed by atoms with E-state index in [1.54, 1.807) is 6.26 Å². The summed E-state index contributed by atoms with van der Waals surface area (Å²) in [5.74, 6) is 0.443. The van der Waals surface area contributed by atoms with Crippen LogP contribution in [0.15, 0.2) is 47.1 Å². The standard InChI is InChI=1S/C26H32N2O3/c1-18(2)23-14-24-22(17-31-25(24)12-19(23)3)13-26(29)27-15-20-4-6-21(7-5-20)16-28-8-10-30-11-9-28/h4-7,12,14,17-18H,8-11,13,15-16H2,1-3H3,(H,27,29). The monoisotopic (exact) mass is 420 g/mol. The van der Waals surface area contributed by atoms with E-state index in [0.29, 0.717) is 18.9 Å². The van der Waals surface area contributed by atoms with Gasteiger partial charge in [0.2, 0.25) is 5.91 Å². The van der Waals surface area contributed by atoms with E-state index in [-0.39, 0.29) is 5.91 Å². The second kappa shape index (κ2) is 9.67. The zero-order chi connectivity index (χ0) is 21.8. The Morgan fingerprint density at radius 2 is 1.81 bits per heavy atom. The first kappa shape index (κ1) is 21.6. The molecule has 1 saturated heterocycles. The lowest BCUT2D eigenvalue weighted by molar-refractivity contribution is -0.120. The van der Waals surface area contributed by atoms with Crippen LogP contribution < -0.4 is 5.32 Å². The Morgan fingerprint density at radius 1 is 1.10 bits per heavy atom. The highest BCUT2D eigenvalue weighted by Gasteiger charge is 2.14. The second-order valence-corrected chi connectivity index (χ2v) is 8.78. The van der Waals surface area contributed by atoms with Crippen LogP contribution in [0, 0.1) is 6.92 Å². The van der Waals surface area contributed by atoms with E-state index < -0.39 is 0 Å². The Labute approximate surface area is 184 Å². The molecule has 0 spiro atoms. The minimum atomic E-state index is 0.00626. The molecule has 2 aromatic carbocycles. The molecule has 1 N–H and O–H groups in total. The number of rotatable bonds is 7. The number of benzene rings is 2. The van der Waals surface area contributed by atoms with Gasteiger partial charge in [-0.05, 0) is 47.2 Å². The van der Waals surface area contributed by atoms with Gasteiger partial charge in [-0.15, -0.1) is 0 Å². The van der Waals surface area contributed by atoms with Crippen molar-refractivity contribution in [3.05, 3.63) is 70.5 Å². The van der Waals surface area contributed by atoms with Gasteiger partial charge in [-0.1, -0.05) is 38.1 Å². The number of morpholine rings is 1. The maximum atomic E-state index is 12.6.